The SMILES string of the molecule is N#Cc1ccc(CSCCC(F)(F)F)cc1. The van der Waals surface area contributed by atoms with Crippen molar-refractivity contribution in [2.75, 3.05) is 5.75 Å². The first-order valence-corrected chi connectivity index (χ1v) is 5.80. The summed E-state index contributed by atoms with van der Waals surface area (Å²) in [6.45, 7) is 0. The van der Waals surface area contributed by atoms with E-state index < -0.39 is 12.6 Å². The maximum absolute atomic E-state index is 11.8. The third kappa shape index (κ3) is 5.08. The Bertz CT molecular complexity index is 364. The van der Waals surface area contributed by atoms with Gasteiger partial charge in [0.1, 0.15) is 0 Å². The molecule has 0 aliphatic carbocycles. The lowest BCUT2D eigenvalue weighted by molar-refractivity contribution is -0.129. The van der Waals surface area contributed by atoms with E-state index in [4.69, 9.17) is 5.26 Å². The first kappa shape index (κ1) is 12.9. The van der Waals surface area contributed by atoms with E-state index >= 15 is 0 Å². The maximum Gasteiger partial charge on any atom is 0.389 e. The highest BCUT2D eigenvalue weighted by Gasteiger charge is 2.25. The Morgan fingerprint density at radius 3 is 2.31 bits per heavy atom. The topological polar surface area (TPSA) is 23.8 Å². The Labute approximate surface area is 96.3 Å². The summed E-state index contributed by atoms with van der Waals surface area (Å²) in [6.07, 6.45) is -4.83. The van der Waals surface area contributed by atoms with E-state index in [2.05, 4.69) is 0 Å². The Morgan fingerprint density at radius 1 is 1.19 bits per heavy atom. The van der Waals surface area contributed by atoms with Crippen LogP contribution in [-0.4, -0.2) is 11.9 Å². The number of hydrogen-bond acceptors (Lipinski definition) is 2. The second-order valence-corrected chi connectivity index (χ2v) is 4.33. The largest absolute Gasteiger partial charge is 0.389 e. The molecule has 1 aromatic carbocycles. The van der Waals surface area contributed by atoms with Crippen LogP contribution in [-0.2, 0) is 5.75 Å². The highest BCUT2D eigenvalue weighted by atomic mass is 32.2. The Kier molecular flexibility index (Phi) is 4.69. The molecule has 0 fully saturated rings. The van der Waals surface area contributed by atoms with Crippen molar-refractivity contribution >= 4 is 11.8 Å². The van der Waals surface area contributed by atoms with Crippen LogP contribution >= 0.6 is 11.8 Å². The molecule has 1 nitrogen and oxygen atoms in total. The summed E-state index contributed by atoms with van der Waals surface area (Å²) in [5.74, 6) is 0.616. The zero-order valence-electron chi connectivity index (χ0n) is 8.42. The van der Waals surface area contributed by atoms with Crippen molar-refractivity contribution in [2.45, 2.75) is 18.3 Å². The molecule has 16 heavy (non-hydrogen) atoms. The average molecular weight is 245 g/mol. The quantitative estimate of drug-likeness (QED) is 0.754. The highest BCUT2D eigenvalue weighted by Crippen LogP contribution is 2.23. The minimum atomic E-state index is -4.07. The summed E-state index contributed by atoms with van der Waals surface area (Å²) >= 11 is 1.24. The van der Waals surface area contributed by atoms with Gasteiger partial charge in [-0.2, -0.15) is 30.2 Å². The number of benzene rings is 1. The van der Waals surface area contributed by atoms with Crippen LogP contribution in [0.2, 0.25) is 0 Å². The summed E-state index contributed by atoms with van der Waals surface area (Å²) in [5, 5.41) is 8.55. The second kappa shape index (κ2) is 5.80. The van der Waals surface area contributed by atoms with Gasteiger partial charge in [-0.05, 0) is 17.7 Å². The van der Waals surface area contributed by atoms with Gasteiger partial charge in [0.25, 0.3) is 0 Å². The Balaban J connectivity index is 2.30. The van der Waals surface area contributed by atoms with E-state index in [1.54, 1.807) is 24.3 Å². The van der Waals surface area contributed by atoms with Crippen LogP contribution in [0.15, 0.2) is 24.3 Å². The number of nitriles is 1. The van der Waals surface area contributed by atoms with Gasteiger partial charge in [0.05, 0.1) is 18.1 Å². The Morgan fingerprint density at radius 2 is 1.81 bits per heavy atom. The van der Waals surface area contributed by atoms with Crippen molar-refractivity contribution in [3.8, 4) is 6.07 Å². The smallest absolute Gasteiger partial charge is 0.192 e. The number of hydrogen-bond donors (Lipinski definition) is 0. The van der Waals surface area contributed by atoms with Gasteiger partial charge >= 0.3 is 6.18 Å². The van der Waals surface area contributed by atoms with E-state index in [0.29, 0.717) is 11.3 Å². The summed E-state index contributed by atoms with van der Waals surface area (Å²) in [5.41, 5.74) is 1.50. The molecule has 0 bridgehead atoms. The van der Waals surface area contributed by atoms with Crippen LogP contribution < -0.4 is 0 Å². The van der Waals surface area contributed by atoms with Crippen molar-refractivity contribution in [1.82, 2.24) is 0 Å². The number of nitrogens with zero attached hydrogens (tertiary/aromatic N) is 1. The number of thioether (sulfide) groups is 1. The van der Waals surface area contributed by atoms with Crippen LogP contribution in [0.3, 0.4) is 0 Å². The van der Waals surface area contributed by atoms with Crippen molar-refractivity contribution < 1.29 is 13.2 Å². The highest BCUT2D eigenvalue weighted by molar-refractivity contribution is 7.98. The van der Waals surface area contributed by atoms with Crippen molar-refractivity contribution in [3.05, 3.63) is 35.4 Å². The van der Waals surface area contributed by atoms with Gasteiger partial charge in [0.15, 0.2) is 0 Å². The molecular weight excluding hydrogens is 235 g/mol. The van der Waals surface area contributed by atoms with Crippen LogP contribution in [0.25, 0.3) is 0 Å². The standard InChI is InChI=1S/C11H10F3NS/c12-11(13,14)5-6-16-8-10-3-1-9(7-15)2-4-10/h1-4H,5-6,8H2. The average Bonchev–Trinajstić information content (AvgIpc) is 2.24. The fraction of sp³-hybridized carbons (Fsp3) is 0.364. The summed E-state index contributed by atoms with van der Waals surface area (Å²) in [6, 6.07) is 8.84. The van der Waals surface area contributed by atoms with Gasteiger partial charge in [-0.25, -0.2) is 0 Å². The zero-order valence-corrected chi connectivity index (χ0v) is 9.24. The van der Waals surface area contributed by atoms with Gasteiger partial charge in [0.2, 0.25) is 0 Å². The van der Waals surface area contributed by atoms with Gasteiger partial charge in [-0.15, -0.1) is 0 Å². The first-order chi connectivity index (χ1) is 7.51. The zero-order chi connectivity index (χ0) is 12.0. The van der Waals surface area contributed by atoms with Crippen LogP contribution in [0.4, 0.5) is 13.2 Å². The van der Waals surface area contributed by atoms with Gasteiger partial charge in [-0.1, -0.05) is 12.1 Å². The Hall–Kier alpha value is -1.15. The fourth-order valence-electron chi connectivity index (χ4n) is 1.05. The minimum Gasteiger partial charge on any atom is -0.192 e. The number of rotatable bonds is 4. The van der Waals surface area contributed by atoms with E-state index in [0.717, 1.165) is 5.56 Å². The predicted octanol–water partition coefficient (Wildman–Crippen LogP) is 3.74. The van der Waals surface area contributed by atoms with Crippen molar-refractivity contribution in [2.24, 2.45) is 0 Å². The summed E-state index contributed by atoms with van der Waals surface area (Å²) in [4.78, 5) is 0. The molecule has 0 aromatic heterocycles. The van der Waals surface area contributed by atoms with Crippen LogP contribution in [0.1, 0.15) is 17.5 Å². The molecule has 1 rings (SSSR count). The lowest BCUT2D eigenvalue weighted by Gasteiger charge is -2.05. The normalized spacial score (nSPS) is 11.1. The van der Waals surface area contributed by atoms with Crippen molar-refractivity contribution in [3.63, 3.8) is 0 Å². The fourth-order valence-corrected chi connectivity index (χ4v) is 2.00. The molecule has 0 heterocycles. The molecule has 0 saturated carbocycles. The van der Waals surface area contributed by atoms with Gasteiger partial charge in [0, 0.05) is 11.5 Å². The molecule has 5 heteroatoms. The minimum absolute atomic E-state index is 0.0729. The number of alkyl halides is 3. The lowest BCUT2D eigenvalue weighted by Crippen LogP contribution is -2.08. The molecular formula is C11H10F3NS. The first-order valence-electron chi connectivity index (χ1n) is 4.65. The van der Waals surface area contributed by atoms with E-state index in [1.807, 2.05) is 6.07 Å². The molecule has 0 aliphatic rings. The monoisotopic (exact) mass is 245 g/mol. The molecule has 0 amide bonds. The summed E-state index contributed by atoms with van der Waals surface area (Å²) < 4.78 is 35.5. The van der Waals surface area contributed by atoms with Gasteiger partial charge in [-0.3, -0.25) is 0 Å². The molecule has 0 aliphatic heterocycles. The number of halogens is 3. The second-order valence-electron chi connectivity index (χ2n) is 3.23. The van der Waals surface area contributed by atoms with E-state index in [-0.39, 0.29) is 5.75 Å². The van der Waals surface area contributed by atoms with Crippen LogP contribution in [0, 0.1) is 11.3 Å². The molecule has 0 N–H and O–H groups in total. The molecule has 86 valence electrons. The predicted molar refractivity (Wildman–Crippen MR) is 58.0 cm³/mol. The summed E-state index contributed by atoms with van der Waals surface area (Å²) in [7, 11) is 0. The molecule has 1 aromatic rings. The van der Waals surface area contributed by atoms with Gasteiger partial charge < -0.3 is 0 Å². The maximum atomic E-state index is 11.8. The molecule has 0 atom stereocenters. The third-order valence-corrected chi connectivity index (χ3v) is 2.91. The molecule has 0 saturated heterocycles. The molecule has 0 unspecified atom stereocenters. The van der Waals surface area contributed by atoms with Crippen LogP contribution in [0.5, 0.6) is 0 Å². The van der Waals surface area contributed by atoms with E-state index in [1.165, 1.54) is 11.8 Å². The van der Waals surface area contributed by atoms with E-state index in [9.17, 15) is 13.2 Å². The lowest BCUT2D eigenvalue weighted by atomic mass is 10.2. The molecule has 0 spiro atoms. The third-order valence-electron chi connectivity index (χ3n) is 1.88. The van der Waals surface area contributed by atoms with Crippen molar-refractivity contribution in [1.29, 1.82) is 5.26 Å². The molecule has 0 radical (unpaired) electrons.